The lowest BCUT2D eigenvalue weighted by atomic mass is 10.2. The van der Waals surface area contributed by atoms with Gasteiger partial charge in [-0.2, -0.15) is 0 Å². The molecule has 0 aliphatic rings. The minimum absolute atomic E-state index is 0. The molecule has 0 bridgehead atoms. The average molecular weight is 472 g/mol. The van der Waals surface area contributed by atoms with Crippen molar-refractivity contribution in [2.75, 3.05) is 33.2 Å². The van der Waals surface area contributed by atoms with Crippen LogP contribution in [0.4, 0.5) is 5.69 Å². The molecule has 0 saturated heterocycles. The summed E-state index contributed by atoms with van der Waals surface area (Å²) in [4.78, 5) is 8.77. The average Bonchev–Trinajstić information content (AvgIpc) is 2.66. The van der Waals surface area contributed by atoms with Crippen molar-refractivity contribution >= 4 is 35.6 Å². The highest BCUT2D eigenvalue weighted by molar-refractivity contribution is 14.0. The SMILES string of the molecule is CCNC(=NCc1cccnc1OC)Nc1ccc(OC)c(OC)c1.I. The van der Waals surface area contributed by atoms with E-state index in [4.69, 9.17) is 14.2 Å². The summed E-state index contributed by atoms with van der Waals surface area (Å²) in [6.45, 7) is 3.19. The molecule has 1 heterocycles. The topological polar surface area (TPSA) is 77.0 Å². The lowest BCUT2D eigenvalue weighted by molar-refractivity contribution is 0.355. The van der Waals surface area contributed by atoms with Gasteiger partial charge in [0.25, 0.3) is 0 Å². The van der Waals surface area contributed by atoms with Crippen LogP contribution < -0.4 is 24.8 Å². The van der Waals surface area contributed by atoms with Crippen LogP contribution in [0.25, 0.3) is 0 Å². The normalized spacial score (nSPS) is 10.5. The van der Waals surface area contributed by atoms with Crippen LogP contribution in [0.5, 0.6) is 17.4 Å². The van der Waals surface area contributed by atoms with Crippen LogP contribution in [0.3, 0.4) is 0 Å². The molecule has 0 atom stereocenters. The summed E-state index contributed by atoms with van der Waals surface area (Å²) in [7, 11) is 4.82. The van der Waals surface area contributed by atoms with E-state index in [1.54, 1.807) is 27.5 Å². The highest BCUT2D eigenvalue weighted by atomic mass is 127. The molecule has 0 fully saturated rings. The number of guanidine groups is 1. The summed E-state index contributed by atoms with van der Waals surface area (Å²) in [6, 6.07) is 9.40. The minimum atomic E-state index is 0. The van der Waals surface area contributed by atoms with Crippen molar-refractivity contribution < 1.29 is 14.2 Å². The first-order chi connectivity index (χ1) is 12.2. The zero-order valence-electron chi connectivity index (χ0n) is 15.4. The largest absolute Gasteiger partial charge is 0.493 e. The molecule has 0 aliphatic carbocycles. The van der Waals surface area contributed by atoms with Gasteiger partial charge in [-0.1, -0.05) is 6.07 Å². The lowest BCUT2D eigenvalue weighted by Crippen LogP contribution is -2.30. The minimum Gasteiger partial charge on any atom is -0.493 e. The molecule has 2 N–H and O–H groups in total. The van der Waals surface area contributed by atoms with Crippen LogP contribution in [0.2, 0.25) is 0 Å². The monoisotopic (exact) mass is 472 g/mol. The molecule has 1 aromatic carbocycles. The molecular weight excluding hydrogens is 447 g/mol. The molecule has 8 heteroatoms. The standard InChI is InChI=1S/C18H24N4O3.HI/c1-5-19-18(21-12-13-7-6-10-20-17(13)25-4)22-14-8-9-15(23-2)16(11-14)24-3;/h6-11H,5,12H2,1-4H3,(H2,19,21,22);1H. The summed E-state index contributed by atoms with van der Waals surface area (Å²) >= 11 is 0. The van der Waals surface area contributed by atoms with E-state index >= 15 is 0 Å². The van der Waals surface area contributed by atoms with Crippen LogP contribution in [-0.4, -0.2) is 38.8 Å². The molecule has 0 aliphatic heterocycles. The number of halogens is 1. The number of methoxy groups -OCH3 is 3. The maximum Gasteiger partial charge on any atom is 0.218 e. The zero-order chi connectivity index (χ0) is 18.1. The Morgan fingerprint density at radius 2 is 1.85 bits per heavy atom. The van der Waals surface area contributed by atoms with Gasteiger partial charge in [-0.05, 0) is 25.1 Å². The molecule has 7 nitrogen and oxygen atoms in total. The number of benzene rings is 1. The summed E-state index contributed by atoms with van der Waals surface area (Å²) < 4.78 is 15.8. The van der Waals surface area contributed by atoms with Crippen LogP contribution >= 0.6 is 24.0 Å². The van der Waals surface area contributed by atoms with Crippen molar-refractivity contribution in [2.45, 2.75) is 13.5 Å². The Hall–Kier alpha value is -2.23. The van der Waals surface area contributed by atoms with Gasteiger partial charge in [0, 0.05) is 30.1 Å². The quantitative estimate of drug-likeness (QED) is 0.366. The summed E-state index contributed by atoms with van der Waals surface area (Å²) in [6.07, 6.45) is 1.69. The molecule has 0 amide bonds. The molecule has 1 aromatic heterocycles. The molecule has 0 spiro atoms. The molecule has 0 unspecified atom stereocenters. The van der Waals surface area contributed by atoms with Crippen molar-refractivity contribution in [1.82, 2.24) is 10.3 Å². The number of pyridine rings is 1. The van der Waals surface area contributed by atoms with Gasteiger partial charge >= 0.3 is 0 Å². The van der Waals surface area contributed by atoms with E-state index in [0.29, 0.717) is 29.9 Å². The lowest BCUT2D eigenvalue weighted by Gasteiger charge is -2.14. The number of aliphatic imine (C=N–C) groups is 1. The second-order valence-electron chi connectivity index (χ2n) is 5.06. The van der Waals surface area contributed by atoms with Gasteiger partial charge in [-0.15, -0.1) is 24.0 Å². The number of nitrogens with zero attached hydrogens (tertiary/aromatic N) is 2. The molecule has 26 heavy (non-hydrogen) atoms. The Labute approximate surface area is 171 Å². The predicted octanol–water partition coefficient (Wildman–Crippen LogP) is 3.30. The Bertz CT molecular complexity index is 725. The van der Waals surface area contributed by atoms with Gasteiger partial charge in [0.2, 0.25) is 5.88 Å². The fourth-order valence-electron chi connectivity index (χ4n) is 2.25. The van der Waals surface area contributed by atoms with Gasteiger partial charge < -0.3 is 24.8 Å². The summed E-state index contributed by atoms with van der Waals surface area (Å²) in [5.41, 5.74) is 1.75. The van der Waals surface area contributed by atoms with E-state index in [2.05, 4.69) is 20.6 Å². The Morgan fingerprint density at radius 1 is 1.08 bits per heavy atom. The van der Waals surface area contributed by atoms with E-state index in [0.717, 1.165) is 17.8 Å². The third kappa shape index (κ3) is 5.94. The molecule has 2 aromatic rings. The van der Waals surface area contributed by atoms with E-state index in [9.17, 15) is 0 Å². The van der Waals surface area contributed by atoms with Crippen molar-refractivity contribution in [3.8, 4) is 17.4 Å². The maximum atomic E-state index is 5.33. The number of ether oxygens (including phenoxy) is 3. The van der Waals surface area contributed by atoms with Gasteiger partial charge in [0.1, 0.15) is 0 Å². The van der Waals surface area contributed by atoms with Crippen LogP contribution in [0.15, 0.2) is 41.5 Å². The zero-order valence-corrected chi connectivity index (χ0v) is 17.7. The number of anilines is 1. The van der Waals surface area contributed by atoms with Gasteiger partial charge in [0.05, 0.1) is 27.9 Å². The van der Waals surface area contributed by atoms with Crippen molar-refractivity contribution in [1.29, 1.82) is 0 Å². The Morgan fingerprint density at radius 3 is 2.50 bits per heavy atom. The second-order valence-corrected chi connectivity index (χ2v) is 5.06. The van der Waals surface area contributed by atoms with Crippen molar-refractivity contribution in [3.05, 3.63) is 42.1 Å². The first-order valence-electron chi connectivity index (χ1n) is 7.97. The smallest absolute Gasteiger partial charge is 0.218 e. The Kier molecular flexibility index (Phi) is 9.56. The third-order valence-corrected chi connectivity index (χ3v) is 3.44. The van der Waals surface area contributed by atoms with E-state index < -0.39 is 0 Å². The predicted molar refractivity (Wildman–Crippen MR) is 114 cm³/mol. The van der Waals surface area contributed by atoms with Gasteiger partial charge in [-0.25, -0.2) is 9.98 Å². The molecule has 142 valence electrons. The number of hydrogen-bond donors (Lipinski definition) is 2. The molecule has 2 rings (SSSR count). The fraction of sp³-hybridized carbons (Fsp3) is 0.333. The van der Waals surface area contributed by atoms with E-state index in [1.807, 2.05) is 37.3 Å². The maximum absolute atomic E-state index is 5.33. The Balaban J connectivity index is 0.00000338. The van der Waals surface area contributed by atoms with Gasteiger partial charge in [-0.3, -0.25) is 0 Å². The second kappa shape index (κ2) is 11.4. The summed E-state index contributed by atoms with van der Waals surface area (Å²) in [5, 5.41) is 6.47. The van der Waals surface area contributed by atoms with E-state index in [-0.39, 0.29) is 24.0 Å². The molecule has 0 saturated carbocycles. The molecular formula is C18H25IN4O3. The third-order valence-electron chi connectivity index (χ3n) is 3.44. The number of hydrogen-bond acceptors (Lipinski definition) is 5. The highest BCUT2D eigenvalue weighted by Crippen LogP contribution is 2.29. The number of nitrogens with one attached hydrogen (secondary N) is 2. The molecule has 0 radical (unpaired) electrons. The first-order valence-corrected chi connectivity index (χ1v) is 7.97. The summed E-state index contributed by atoms with van der Waals surface area (Å²) in [5.74, 6) is 2.56. The van der Waals surface area contributed by atoms with Crippen LogP contribution in [0, 0.1) is 0 Å². The highest BCUT2D eigenvalue weighted by Gasteiger charge is 2.07. The van der Waals surface area contributed by atoms with Crippen LogP contribution in [0.1, 0.15) is 12.5 Å². The van der Waals surface area contributed by atoms with Gasteiger partial charge in [0.15, 0.2) is 17.5 Å². The number of rotatable bonds is 7. The fourth-order valence-corrected chi connectivity index (χ4v) is 2.25. The van der Waals surface area contributed by atoms with E-state index in [1.165, 1.54) is 0 Å². The number of aromatic nitrogens is 1. The first kappa shape index (κ1) is 21.8. The van der Waals surface area contributed by atoms with Crippen LogP contribution in [-0.2, 0) is 6.54 Å². The van der Waals surface area contributed by atoms with Crippen molar-refractivity contribution in [2.24, 2.45) is 4.99 Å². The van der Waals surface area contributed by atoms with Crippen molar-refractivity contribution in [3.63, 3.8) is 0 Å².